The summed E-state index contributed by atoms with van der Waals surface area (Å²) in [6, 6.07) is 5.79. The van der Waals surface area contributed by atoms with Crippen LogP contribution in [0.5, 0.6) is 0 Å². The molecule has 2 heterocycles. The first-order valence-corrected chi connectivity index (χ1v) is 11.0. The van der Waals surface area contributed by atoms with Gasteiger partial charge in [-0.2, -0.15) is 4.31 Å². The Labute approximate surface area is 155 Å². The summed E-state index contributed by atoms with van der Waals surface area (Å²) in [5, 5.41) is 3.29. The van der Waals surface area contributed by atoms with Gasteiger partial charge < -0.3 is 10.2 Å². The van der Waals surface area contributed by atoms with Crippen LogP contribution >= 0.6 is 0 Å². The first-order valence-electron chi connectivity index (χ1n) is 9.58. The lowest BCUT2D eigenvalue weighted by molar-refractivity contribution is -0.128. The Morgan fingerprint density at radius 2 is 1.85 bits per heavy atom. The second-order valence-electron chi connectivity index (χ2n) is 7.65. The average Bonchev–Trinajstić information content (AvgIpc) is 3.33. The molecule has 0 bridgehead atoms. The van der Waals surface area contributed by atoms with E-state index in [-0.39, 0.29) is 18.0 Å². The van der Waals surface area contributed by atoms with Gasteiger partial charge in [0.2, 0.25) is 15.9 Å². The van der Waals surface area contributed by atoms with Crippen molar-refractivity contribution < 1.29 is 13.2 Å². The van der Waals surface area contributed by atoms with Crippen LogP contribution in [0.15, 0.2) is 23.1 Å². The van der Waals surface area contributed by atoms with Crippen molar-refractivity contribution in [3.63, 3.8) is 0 Å². The molecule has 1 aliphatic carbocycles. The number of nitrogens with one attached hydrogen (secondary N) is 1. The van der Waals surface area contributed by atoms with Gasteiger partial charge in [-0.15, -0.1) is 0 Å². The van der Waals surface area contributed by atoms with E-state index in [9.17, 15) is 13.2 Å². The van der Waals surface area contributed by atoms with Crippen molar-refractivity contribution in [2.45, 2.75) is 56.0 Å². The predicted molar refractivity (Wildman–Crippen MR) is 99.4 cm³/mol. The lowest BCUT2D eigenvalue weighted by Gasteiger charge is -2.28. The van der Waals surface area contributed by atoms with Gasteiger partial charge in [0.1, 0.15) is 0 Å². The van der Waals surface area contributed by atoms with E-state index in [1.54, 1.807) is 17.3 Å². The predicted octanol–water partition coefficient (Wildman–Crippen LogP) is 1.15. The highest BCUT2D eigenvalue weighted by atomic mass is 32.2. The molecule has 1 saturated carbocycles. The molecule has 2 fully saturated rings. The van der Waals surface area contributed by atoms with E-state index in [0.29, 0.717) is 24.4 Å². The molecule has 7 heteroatoms. The van der Waals surface area contributed by atoms with Gasteiger partial charge in [0.05, 0.1) is 4.90 Å². The maximum absolute atomic E-state index is 13.4. The Balaban J connectivity index is 1.62. The Kier molecular flexibility index (Phi) is 4.79. The SMILES string of the molecule is CC(=O)N1CCc2ccc(S(=O)(=O)N(C3CC3)C3CCNC3)cc2CC1. The molecule has 1 amide bonds. The van der Waals surface area contributed by atoms with Crippen molar-refractivity contribution in [1.82, 2.24) is 14.5 Å². The van der Waals surface area contributed by atoms with Crippen LogP contribution in [-0.4, -0.2) is 61.8 Å². The van der Waals surface area contributed by atoms with Gasteiger partial charge in [0.15, 0.2) is 0 Å². The molecule has 4 rings (SSSR count). The molecule has 0 spiro atoms. The van der Waals surface area contributed by atoms with Gasteiger partial charge in [-0.25, -0.2) is 8.42 Å². The van der Waals surface area contributed by atoms with Crippen LogP contribution in [0.2, 0.25) is 0 Å². The van der Waals surface area contributed by atoms with Crippen molar-refractivity contribution >= 4 is 15.9 Å². The number of amides is 1. The maximum Gasteiger partial charge on any atom is 0.243 e. The van der Waals surface area contributed by atoms with E-state index in [0.717, 1.165) is 49.9 Å². The highest BCUT2D eigenvalue weighted by Crippen LogP contribution is 2.36. The number of hydrogen-bond donors (Lipinski definition) is 1. The number of carbonyl (C=O) groups excluding carboxylic acids is 1. The topological polar surface area (TPSA) is 69.7 Å². The van der Waals surface area contributed by atoms with E-state index in [1.165, 1.54) is 0 Å². The highest BCUT2D eigenvalue weighted by molar-refractivity contribution is 7.89. The summed E-state index contributed by atoms with van der Waals surface area (Å²) < 4.78 is 28.5. The fraction of sp³-hybridized carbons (Fsp3) is 0.632. The normalized spacial score (nSPS) is 23.8. The number of sulfonamides is 1. The van der Waals surface area contributed by atoms with Crippen molar-refractivity contribution in [2.24, 2.45) is 0 Å². The van der Waals surface area contributed by atoms with Gasteiger partial charge in [-0.3, -0.25) is 4.79 Å². The number of nitrogens with zero attached hydrogens (tertiary/aromatic N) is 2. The molecular formula is C19H27N3O3S. The Hall–Kier alpha value is -1.44. The summed E-state index contributed by atoms with van der Waals surface area (Å²) in [4.78, 5) is 13.9. The number of fused-ring (bicyclic) bond motifs is 1. The lowest BCUT2D eigenvalue weighted by Crippen LogP contribution is -2.43. The largest absolute Gasteiger partial charge is 0.342 e. The number of carbonyl (C=O) groups is 1. The number of benzene rings is 1. The Bertz CT molecular complexity index is 798. The molecule has 0 aromatic heterocycles. The van der Waals surface area contributed by atoms with Gasteiger partial charge in [0, 0.05) is 38.6 Å². The van der Waals surface area contributed by atoms with Crippen molar-refractivity contribution in [3.8, 4) is 0 Å². The van der Waals surface area contributed by atoms with Crippen LogP contribution in [0, 0.1) is 0 Å². The Morgan fingerprint density at radius 1 is 1.12 bits per heavy atom. The van der Waals surface area contributed by atoms with E-state index < -0.39 is 10.0 Å². The fourth-order valence-corrected chi connectivity index (χ4v) is 6.13. The fourth-order valence-electron chi connectivity index (χ4n) is 4.17. The van der Waals surface area contributed by atoms with E-state index in [2.05, 4.69) is 5.32 Å². The summed E-state index contributed by atoms with van der Waals surface area (Å²) in [5.41, 5.74) is 2.23. The van der Waals surface area contributed by atoms with Crippen LogP contribution in [0.1, 0.15) is 37.3 Å². The molecule has 2 aliphatic heterocycles. The van der Waals surface area contributed by atoms with Crippen LogP contribution in [0.4, 0.5) is 0 Å². The molecule has 1 N–H and O–H groups in total. The van der Waals surface area contributed by atoms with Crippen LogP contribution in [0.25, 0.3) is 0 Å². The summed E-state index contributed by atoms with van der Waals surface area (Å²) in [5.74, 6) is 0.0827. The summed E-state index contributed by atoms with van der Waals surface area (Å²) >= 11 is 0. The second-order valence-corrected chi connectivity index (χ2v) is 9.49. The minimum Gasteiger partial charge on any atom is -0.342 e. The van der Waals surface area contributed by atoms with Gasteiger partial charge in [-0.05, 0) is 61.9 Å². The molecule has 1 saturated heterocycles. The van der Waals surface area contributed by atoms with Crippen molar-refractivity contribution in [1.29, 1.82) is 0 Å². The van der Waals surface area contributed by atoms with Crippen LogP contribution in [0.3, 0.4) is 0 Å². The molecule has 1 aromatic carbocycles. The zero-order valence-electron chi connectivity index (χ0n) is 15.3. The minimum absolute atomic E-state index is 0.0690. The third-order valence-corrected chi connectivity index (χ3v) is 7.80. The summed E-state index contributed by atoms with van der Waals surface area (Å²) in [6.45, 7) is 4.58. The van der Waals surface area contributed by atoms with E-state index in [4.69, 9.17) is 0 Å². The van der Waals surface area contributed by atoms with Gasteiger partial charge >= 0.3 is 0 Å². The van der Waals surface area contributed by atoms with Crippen LogP contribution in [-0.2, 0) is 27.7 Å². The molecule has 6 nitrogen and oxygen atoms in total. The standard InChI is InChI=1S/C19H27N3O3S/c1-14(23)21-10-7-15-2-5-19(12-16(15)8-11-21)26(24,25)22(17-3-4-17)18-6-9-20-13-18/h2,5,12,17-18,20H,3-4,6-11,13H2,1H3. The maximum atomic E-state index is 13.4. The van der Waals surface area contributed by atoms with Crippen molar-refractivity contribution in [3.05, 3.63) is 29.3 Å². The first-order chi connectivity index (χ1) is 12.5. The number of hydrogen-bond acceptors (Lipinski definition) is 4. The third-order valence-electron chi connectivity index (χ3n) is 5.80. The highest BCUT2D eigenvalue weighted by Gasteiger charge is 2.43. The first kappa shape index (κ1) is 17.9. The monoisotopic (exact) mass is 377 g/mol. The molecule has 1 aromatic rings. The molecule has 26 heavy (non-hydrogen) atoms. The van der Waals surface area contributed by atoms with Crippen molar-refractivity contribution in [2.75, 3.05) is 26.2 Å². The molecule has 1 unspecified atom stereocenters. The quantitative estimate of drug-likeness (QED) is 0.855. The minimum atomic E-state index is -3.48. The third kappa shape index (κ3) is 3.40. The van der Waals surface area contributed by atoms with Crippen LogP contribution < -0.4 is 5.32 Å². The molecule has 0 radical (unpaired) electrons. The molecule has 142 valence electrons. The van der Waals surface area contributed by atoms with Gasteiger partial charge in [0.25, 0.3) is 0 Å². The zero-order valence-corrected chi connectivity index (χ0v) is 16.1. The zero-order chi connectivity index (χ0) is 18.3. The van der Waals surface area contributed by atoms with E-state index in [1.807, 2.05) is 17.0 Å². The van der Waals surface area contributed by atoms with Gasteiger partial charge in [-0.1, -0.05) is 6.07 Å². The summed E-state index contributed by atoms with van der Waals surface area (Å²) in [7, 11) is -3.48. The lowest BCUT2D eigenvalue weighted by atomic mass is 10.0. The molecular weight excluding hydrogens is 350 g/mol. The van der Waals surface area contributed by atoms with E-state index >= 15 is 0 Å². The Morgan fingerprint density at radius 3 is 2.46 bits per heavy atom. The average molecular weight is 378 g/mol. The second kappa shape index (κ2) is 6.94. The number of rotatable bonds is 4. The smallest absolute Gasteiger partial charge is 0.243 e. The summed E-state index contributed by atoms with van der Waals surface area (Å²) in [6.07, 6.45) is 4.32. The molecule has 3 aliphatic rings. The molecule has 1 atom stereocenters.